The number of aromatic nitrogens is 2. The zero-order chi connectivity index (χ0) is 15.0. The van der Waals surface area contributed by atoms with Crippen molar-refractivity contribution >= 4 is 0 Å². The Morgan fingerprint density at radius 3 is 2.62 bits per heavy atom. The van der Waals surface area contributed by atoms with Crippen LogP contribution < -0.4 is 15.2 Å². The molecule has 3 rings (SSSR count). The highest BCUT2D eigenvalue weighted by Gasteiger charge is 2.18. The Bertz CT molecular complexity index is 664. The van der Waals surface area contributed by atoms with Crippen LogP contribution in [-0.4, -0.2) is 23.0 Å². The van der Waals surface area contributed by atoms with Crippen LogP contribution in [-0.2, 0) is 13.5 Å². The SMILES string of the molecule is Cc1nn(C)c(C)c1CC(N)c1ccc2c(c1)OCCO2. The first-order valence-electron chi connectivity index (χ1n) is 7.20. The minimum Gasteiger partial charge on any atom is -0.486 e. The van der Waals surface area contributed by atoms with Crippen molar-refractivity contribution in [2.45, 2.75) is 26.3 Å². The van der Waals surface area contributed by atoms with E-state index in [1.807, 2.05) is 36.9 Å². The molecule has 0 radical (unpaired) electrons. The van der Waals surface area contributed by atoms with Crippen LogP contribution in [0.15, 0.2) is 18.2 Å². The molecular weight excluding hydrogens is 266 g/mol. The van der Waals surface area contributed by atoms with Gasteiger partial charge >= 0.3 is 0 Å². The van der Waals surface area contributed by atoms with Crippen LogP contribution in [0.3, 0.4) is 0 Å². The number of nitrogens with two attached hydrogens (primary N) is 1. The average molecular weight is 287 g/mol. The van der Waals surface area contributed by atoms with Gasteiger partial charge in [-0.2, -0.15) is 5.10 Å². The van der Waals surface area contributed by atoms with Crippen molar-refractivity contribution in [1.82, 2.24) is 9.78 Å². The van der Waals surface area contributed by atoms with Gasteiger partial charge in [0.25, 0.3) is 0 Å². The Labute approximate surface area is 124 Å². The molecular formula is C16H21N3O2. The zero-order valence-corrected chi connectivity index (χ0v) is 12.7. The largest absolute Gasteiger partial charge is 0.486 e. The molecule has 1 aromatic carbocycles. The second kappa shape index (κ2) is 5.41. The third-order valence-corrected chi connectivity index (χ3v) is 4.08. The standard InChI is InChI=1S/C16H21N3O2/c1-10-13(11(2)19(3)18-10)9-14(17)12-4-5-15-16(8-12)21-7-6-20-15/h4-5,8,14H,6-7,9,17H2,1-3H3. The molecule has 1 atom stereocenters. The van der Waals surface area contributed by atoms with E-state index in [1.54, 1.807) is 0 Å². The Morgan fingerprint density at radius 2 is 1.95 bits per heavy atom. The van der Waals surface area contributed by atoms with Gasteiger partial charge in [0.05, 0.1) is 5.69 Å². The second-order valence-corrected chi connectivity index (χ2v) is 5.49. The van der Waals surface area contributed by atoms with E-state index in [-0.39, 0.29) is 6.04 Å². The fraction of sp³-hybridized carbons (Fsp3) is 0.438. The predicted octanol–water partition coefficient (Wildman–Crippen LogP) is 2.05. The quantitative estimate of drug-likeness (QED) is 0.938. The molecule has 0 saturated heterocycles. The van der Waals surface area contributed by atoms with Crippen LogP contribution in [0.4, 0.5) is 0 Å². The van der Waals surface area contributed by atoms with Gasteiger partial charge in [-0.3, -0.25) is 4.68 Å². The first-order valence-corrected chi connectivity index (χ1v) is 7.20. The summed E-state index contributed by atoms with van der Waals surface area (Å²) in [4.78, 5) is 0. The molecule has 1 unspecified atom stereocenters. The lowest BCUT2D eigenvalue weighted by atomic mass is 9.98. The number of benzene rings is 1. The summed E-state index contributed by atoms with van der Waals surface area (Å²) in [5, 5.41) is 4.44. The first kappa shape index (κ1) is 13.9. The highest BCUT2D eigenvalue weighted by atomic mass is 16.6. The zero-order valence-electron chi connectivity index (χ0n) is 12.7. The Hall–Kier alpha value is -2.01. The number of rotatable bonds is 3. The van der Waals surface area contributed by atoms with Gasteiger partial charge < -0.3 is 15.2 Å². The topological polar surface area (TPSA) is 62.3 Å². The Kier molecular flexibility index (Phi) is 3.59. The van der Waals surface area contributed by atoms with E-state index in [4.69, 9.17) is 15.2 Å². The van der Waals surface area contributed by atoms with Gasteiger partial charge in [-0.05, 0) is 43.5 Å². The number of fused-ring (bicyclic) bond motifs is 1. The van der Waals surface area contributed by atoms with Crippen molar-refractivity contribution in [2.24, 2.45) is 12.8 Å². The van der Waals surface area contributed by atoms with Gasteiger partial charge in [0.2, 0.25) is 0 Å². The van der Waals surface area contributed by atoms with Crippen LogP contribution in [0.1, 0.15) is 28.6 Å². The van der Waals surface area contributed by atoms with Crippen LogP contribution >= 0.6 is 0 Å². The van der Waals surface area contributed by atoms with Gasteiger partial charge in [0.1, 0.15) is 13.2 Å². The molecule has 1 aliphatic heterocycles. The van der Waals surface area contributed by atoms with Crippen molar-refractivity contribution in [3.8, 4) is 11.5 Å². The van der Waals surface area contributed by atoms with Crippen LogP contribution in [0.25, 0.3) is 0 Å². The summed E-state index contributed by atoms with van der Waals surface area (Å²) in [6, 6.07) is 5.86. The summed E-state index contributed by atoms with van der Waals surface area (Å²) in [5.74, 6) is 1.58. The number of ether oxygens (including phenoxy) is 2. The summed E-state index contributed by atoms with van der Waals surface area (Å²) in [7, 11) is 1.96. The molecule has 112 valence electrons. The van der Waals surface area contributed by atoms with E-state index in [0.29, 0.717) is 13.2 Å². The highest BCUT2D eigenvalue weighted by Crippen LogP contribution is 2.33. The van der Waals surface area contributed by atoms with Crippen molar-refractivity contribution < 1.29 is 9.47 Å². The van der Waals surface area contributed by atoms with Gasteiger partial charge in [0, 0.05) is 18.8 Å². The number of nitrogens with zero attached hydrogens (tertiary/aromatic N) is 2. The summed E-state index contributed by atoms with van der Waals surface area (Å²) >= 11 is 0. The lowest BCUT2D eigenvalue weighted by molar-refractivity contribution is 0.171. The van der Waals surface area contributed by atoms with Gasteiger partial charge in [-0.15, -0.1) is 0 Å². The molecule has 0 amide bonds. The maximum atomic E-state index is 6.37. The van der Waals surface area contributed by atoms with Gasteiger partial charge in [-0.25, -0.2) is 0 Å². The maximum absolute atomic E-state index is 6.37. The van der Waals surface area contributed by atoms with E-state index in [9.17, 15) is 0 Å². The van der Waals surface area contributed by atoms with Gasteiger partial charge in [0.15, 0.2) is 11.5 Å². The summed E-state index contributed by atoms with van der Waals surface area (Å²) in [6.07, 6.45) is 0.769. The van der Waals surface area contributed by atoms with Crippen molar-refractivity contribution in [3.05, 3.63) is 40.7 Å². The molecule has 0 saturated carbocycles. The Balaban J connectivity index is 1.83. The van der Waals surface area contributed by atoms with E-state index in [2.05, 4.69) is 12.0 Å². The first-order chi connectivity index (χ1) is 10.1. The fourth-order valence-corrected chi connectivity index (χ4v) is 2.74. The summed E-state index contributed by atoms with van der Waals surface area (Å²) in [5.41, 5.74) is 10.9. The van der Waals surface area contributed by atoms with E-state index in [1.165, 1.54) is 11.3 Å². The number of hydrogen-bond acceptors (Lipinski definition) is 4. The fourth-order valence-electron chi connectivity index (χ4n) is 2.74. The lowest BCUT2D eigenvalue weighted by Crippen LogP contribution is -2.18. The molecule has 5 nitrogen and oxygen atoms in total. The molecule has 5 heteroatoms. The smallest absolute Gasteiger partial charge is 0.161 e. The average Bonchev–Trinajstić information content (AvgIpc) is 2.73. The van der Waals surface area contributed by atoms with Crippen molar-refractivity contribution in [2.75, 3.05) is 13.2 Å². The van der Waals surface area contributed by atoms with Crippen LogP contribution in [0, 0.1) is 13.8 Å². The third kappa shape index (κ3) is 2.61. The van der Waals surface area contributed by atoms with Crippen molar-refractivity contribution in [1.29, 1.82) is 0 Å². The number of aryl methyl sites for hydroxylation is 2. The van der Waals surface area contributed by atoms with Crippen LogP contribution in [0.2, 0.25) is 0 Å². The minimum atomic E-state index is -0.0811. The maximum Gasteiger partial charge on any atom is 0.161 e. The molecule has 2 heterocycles. The second-order valence-electron chi connectivity index (χ2n) is 5.49. The number of hydrogen-bond donors (Lipinski definition) is 1. The predicted molar refractivity (Wildman–Crippen MR) is 80.7 cm³/mol. The molecule has 0 fully saturated rings. The monoisotopic (exact) mass is 287 g/mol. The molecule has 1 aromatic heterocycles. The minimum absolute atomic E-state index is 0.0811. The summed E-state index contributed by atoms with van der Waals surface area (Å²) in [6.45, 7) is 5.30. The van der Waals surface area contributed by atoms with Crippen LogP contribution in [0.5, 0.6) is 11.5 Å². The van der Waals surface area contributed by atoms with E-state index in [0.717, 1.165) is 29.2 Å². The van der Waals surface area contributed by atoms with Crippen molar-refractivity contribution in [3.63, 3.8) is 0 Å². The normalized spacial score (nSPS) is 15.0. The van der Waals surface area contributed by atoms with E-state index < -0.39 is 0 Å². The molecule has 0 bridgehead atoms. The molecule has 1 aliphatic rings. The summed E-state index contributed by atoms with van der Waals surface area (Å²) < 4.78 is 13.1. The third-order valence-electron chi connectivity index (χ3n) is 4.08. The molecule has 0 aliphatic carbocycles. The highest BCUT2D eigenvalue weighted by molar-refractivity contribution is 5.45. The molecule has 21 heavy (non-hydrogen) atoms. The molecule has 2 N–H and O–H groups in total. The molecule has 0 spiro atoms. The lowest BCUT2D eigenvalue weighted by Gasteiger charge is -2.20. The Morgan fingerprint density at radius 1 is 1.24 bits per heavy atom. The van der Waals surface area contributed by atoms with E-state index >= 15 is 0 Å². The van der Waals surface area contributed by atoms with Gasteiger partial charge in [-0.1, -0.05) is 6.07 Å². The molecule has 2 aromatic rings.